The summed E-state index contributed by atoms with van der Waals surface area (Å²) in [5.74, 6) is 0.443. The Kier molecular flexibility index (Phi) is 6.25. The summed E-state index contributed by atoms with van der Waals surface area (Å²) >= 11 is 3.41. The van der Waals surface area contributed by atoms with E-state index in [0.717, 1.165) is 10.0 Å². The Hall–Kier alpha value is -2.90. The van der Waals surface area contributed by atoms with Crippen molar-refractivity contribution >= 4 is 32.8 Å². The molecule has 1 aliphatic rings. The third-order valence-corrected chi connectivity index (χ3v) is 5.71. The minimum absolute atomic E-state index is 0.0969. The van der Waals surface area contributed by atoms with Gasteiger partial charge in [-0.1, -0.05) is 40.7 Å². The van der Waals surface area contributed by atoms with Crippen molar-refractivity contribution in [2.45, 2.75) is 12.5 Å². The molecular formula is C24H22BrNO5. The third kappa shape index (κ3) is 4.03. The number of halogens is 1. The van der Waals surface area contributed by atoms with Crippen molar-refractivity contribution in [2.24, 2.45) is 0 Å². The van der Waals surface area contributed by atoms with Gasteiger partial charge in [0.1, 0.15) is 17.9 Å². The topological polar surface area (TPSA) is 69.0 Å². The van der Waals surface area contributed by atoms with Crippen LogP contribution in [0.4, 0.5) is 0 Å². The summed E-state index contributed by atoms with van der Waals surface area (Å²) in [6, 6.07) is 12.1. The Morgan fingerprint density at radius 3 is 2.84 bits per heavy atom. The molecule has 1 atom stereocenters. The van der Waals surface area contributed by atoms with Gasteiger partial charge in [-0.3, -0.25) is 9.59 Å². The molecule has 0 bridgehead atoms. The number of hydrogen-bond donors (Lipinski definition) is 0. The number of carbonyl (C=O) groups excluding carboxylic acids is 1. The standard InChI is InChI=1S/C24H22BrNO5/c1-3-11-30-17-7-4-6-15(13-17)21-20-22(27)18-14-16(25)8-9-19(18)31-23(20)24(28)26(21)10-5-12-29-2/h3-4,6-9,13-14,21H,1,5,10-12H2,2H3. The van der Waals surface area contributed by atoms with Crippen LogP contribution in [0.5, 0.6) is 5.75 Å². The first-order chi connectivity index (χ1) is 15.0. The van der Waals surface area contributed by atoms with Gasteiger partial charge in [0.2, 0.25) is 5.76 Å². The van der Waals surface area contributed by atoms with Crippen LogP contribution in [0.2, 0.25) is 0 Å². The molecule has 6 nitrogen and oxygen atoms in total. The lowest BCUT2D eigenvalue weighted by molar-refractivity contribution is 0.0707. The van der Waals surface area contributed by atoms with Crippen LogP contribution in [0, 0.1) is 0 Å². The molecule has 7 heteroatoms. The Labute approximate surface area is 188 Å². The van der Waals surface area contributed by atoms with Gasteiger partial charge in [0.25, 0.3) is 5.91 Å². The van der Waals surface area contributed by atoms with Gasteiger partial charge in [-0.25, -0.2) is 0 Å². The number of methoxy groups -OCH3 is 1. The van der Waals surface area contributed by atoms with E-state index >= 15 is 0 Å². The summed E-state index contributed by atoms with van der Waals surface area (Å²) in [5.41, 5.74) is 1.32. The van der Waals surface area contributed by atoms with E-state index in [-0.39, 0.29) is 17.1 Å². The number of amides is 1. The zero-order chi connectivity index (χ0) is 22.0. The fourth-order valence-electron chi connectivity index (χ4n) is 3.88. The summed E-state index contributed by atoms with van der Waals surface area (Å²) in [4.78, 5) is 28.5. The van der Waals surface area contributed by atoms with E-state index in [1.807, 2.05) is 24.3 Å². The van der Waals surface area contributed by atoms with Gasteiger partial charge in [-0.05, 0) is 42.3 Å². The van der Waals surface area contributed by atoms with Crippen LogP contribution >= 0.6 is 15.9 Å². The highest BCUT2D eigenvalue weighted by atomic mass is 79.9. The lowest BCUT2D eigenvalue weighted by atomic mass is 9.98. The average molecular weight is 484 g/mol. The van der Waals surface area contributed by atoms with Crippen molar-refractivity contribution in [3.63, 3.8) is 0 Å². The number of rotatable bonds is 8. The van der Waals surface area contributed by atoms with Gasteiger partial charge in [-0.15, -0.1) is 0 Å². The van der Waals surface area contributed by atoms with E-state index in [0.29, 0.717) is 48.5 Å². The second-order valence-electron chi connectivity index (χ2n) is 7.23. The molecule has 160 valence electrons. The van der Waals surface area contributed by atoms with Gasteiger partial charge < -0.3 is 18.8 Å². The lowest BCUT2D eigenvalue weighted by Crippen LogP contribution is -2.31. The molecule has 4 rings (SSSR count). The fourth-order valence-corrected chi connectivity index (χ4v) is 4.24. The van der Waals surface area contributed by atoms with Crippen LogP contribution in [0.3, 0.4) is 0 Å². The van der Waals surface area contributed by atoms with Gasteiger partial charge in [0, 0.05) is 24.7 Å². The van der Waals surface area contributed by atoms with Crippen molar-refractivity contribution in [1.29, 1.82) is 0 Å². The minimum Gasteiger partial charge on any atom is -0.490 e. The second-order valence-corrected chi connectivity index (χ2v) is 8.15. The van der Waals surface area contributed by atoms with Gasteiger partial charge in [-0.2, -0.15) is 0 Å². The molecular weight excluding hydrogens is 462 g/mol. The number of ether oxygens (including phenoxy) is 2. The largest absolute Gasteiger partial charge is 0.490 e. The molecule has 0 saturated carbocycles. The smallest absolute Gasteiger partial charge is 0.290 e. The van der Waals surface area contributed by atoms with Crippen LogP contribution in [0.25, 0.3) is 11.0 Å². The molecule has 0 fully saturated rings. The van der Waals surface area contributed by atoms with E-state index < -0.39 is 6.04 Å². The van der Waals surface area contributed by atoms with Crippen molar-refractivity contribution in [3.8, 4) is 5.75 Å². The highest BCUT2D eigenvalue weighted by molar-refractivity contribution is 9.10. The molecule has 1 aromatic heterocycles. The Morgan fingerprint density at radius 1 is 1.23 bits per heavy atom. The summed E-state index contributed by atoms with van der Waals surface area (Å²) < 4.78 is 17.5. The van der Waals surface area contributed by atoms with Crippen LogP contribution < -0.4 is 10.2 Å². The number of benzene rings is 2. The van der Waals surface area contributed by atoms with E-state index in [2.05, 4.69) is 22.5 Å². The monoisotopic (exact) mass is 483 g/mol. The molecule has 0 saturated heterocycles. The third-order valence-electron chi connectivity index (χ3n) is 5.22. The molecule has 1 amide bonds. The first kappa shape index (κ1) is 21.3. The molecule has 0 N–H and O–H groups in total. The van der Waals surface area contributed by atoms with Crippen LogP contribution in [-0.2, 0) is 4.74 Å². The first-order valence-corrected chi connectivity index (χ1v) is 10.7. The average Bonchev–Trinajstić information content (AvgIpc) is 3.05. The predicted molar refractivity (Wildman–Crippen MR) is 122 cm³/mol. The molecule has 0 radical (unpaired) electrons. The molecule has 3 aromatic rings. The lowest BCUT2D eigenvalue weighted by Gasteiger charge is -2.25. The van der Waals surface area contributed by atoms with Gasteiger partial charge in [0.05, 0.1) is 17.0 Å². The molecule has 1 unspecified atom stereocenters. The number of nitrogens with zero attached hydrogens (tertiary/aromatic N) is 1. The van der Waals surface area contributed by atoms with E-state index in [9.17, 15) is 9.59 Å². The zero-order valence-corrected chi connectivity index (χ0v) is 18.7. The van der Waals surface area contributed by atoms with Crippen LogP contribution in [0.1, 0.15) is 34.1 Å². The maximum absolute atomic E-state index is 13.5. The number of hydrogen-bond acceptors (Lipinski definition) is 5. The molecule has 2 heterocycles. The molecule has 31 heavy (non-hydrogen) atoms. The SMILES string of the molecule is C=CCOc1cccc(C2c3c(oc4ccc(Br)cc4c3=O)C(=O)N2CCCOC)c1. The summed E-state index contributed by atoms with van der Waals surface area (Å²) in [6.07, 6.45) is 2.30. The quantitative estimate of drug-likeness (QED) is 0.343. The van der Waals surface area contributed by atoms with Crippen molar-refractivity contribution in [3.05, 3.63) is 86.7 Å². The summed E-state index contributed by atoms with van der Waals surface area (Å²) in [6.45, 7) is 4.97. The Morgan fingerprint density at radius 2 is 2.06 bits per heavy atom. The second kappa shape index (κ2) is 9.08. The fraction of sp³-hybridized carbons (Fsp3) is 0.250. The van der Waals surface area contributed by atoms with Crippen molar-refractivity contribution in [1.82, 2.24) is 4.90 Å². The summed E-state index contributed by atoms with van der Waals surface area (Å²) in [7, 11) is 1.62. The van der Waals surface area contributed by atoms with Crippen LogP contribution in [-0.4, -0.2) is 37.7 Å². The molecule has 0 aliphatic carbocycles. The number of fused-ring (bicyclic) bond motifs is 2. The summed E-state index contributed by atoms with van der Waals surface area (Å²) in [5, 5.41) is 0.434. The molecule has 1 aliphatic heterocycles. The minimum atomic E-state index is -0.564. The Bertz CT molecular complexity index is 1200. The van der Waals surface area contributed by atoms with Gasteiger partial charge in [0.15, 0.2) is 5.43 Å². The van der Waals surface area contributed by atoms with Crippen molar-refractivity contribution < 1.29 is 18.7 Å². The molecule has 2 aromatic carbocycles. The normalized spacial score (nSPS) is 15.4. The highest BCUT2D eigenvalue weighted by Crippen LogP contribution is 2.39. The van der Waals surface area contributed by atoms with E-state index in [1.165, 1.54) is 0 Å². The van der Waals surface area contributed by atoms with Crippen molar-refractivity contribution in [2.75, 3.05) is 26.9 Å². The van der Waals surface area contributed by atoms with Crippen LogP contribution in [0.15, 0.2) is 68.8 Å². The Balaban J connectivity index is 1.88. The zero-order valence-electron chi connectivity index (χ0n) is 17.1. The molecule has 0 spiro atoms. The number of carbonyl (C=O) groups is 1. The van der Waals surface area contributed by atoms with E-state index in [4.69, 9.17) is 13.9 Å². The first-order valence-electron chi connectivity index (χ1n) is 9.95. The maximum Gasteiger partial charge on any atom is 0.290 e. The van der Waals surface area contributed by atoms with Gasteiger partial charge >= 0.3 is 0 Å². The predicted octanol–water partition coefficient (Wildman–Crippen LogP) is 4.70. The highest BCUT2D eigenvalue weighted by Gasteiger charge is 2.42. The maximum atomic E-state index is 13.5. The van der Waals surface area contributed by atoms with E-state index in [1.54, 1.807) is 36.3 Å².